The van der Waals surface area contributed by atoms with E-state index in [1.807, 2.05) is 24.3 Å². The smallest absolute Gasteiger partial charge is 0.239 e. The summed E-state index contributed by atoms with van der Waals surface area (Å²) in [4.78, 5) is 14.5. The average molecular weight is 443 g/mol. The second-order valence-electron chi connectivity index (χ2n) is 6.95. The van der Waals surface area contributed by atoms with E-state index < -0.39 is 6.04 Å². The Morgan fingerprint density at radius 2 is 2.00 bits per heavy atom. The van der Waals surface area contributed by atoms with Crippen molar-refractivity contribution in [3.05, 3.63) is 34.9 Å². The Balaban J connectivity index is 0.00000338. The van der Waals surface area contributed by atoms with Crippen LogP contribution in [-0.4, -0.2) is 62.4 Å². The van der Waals surface area contributed by atoms with Gasteiger partial charge in [-0.15, -0.1) is 24.8 Å². The van der Waals surface area contributed by atoms with Crippen LogP contribution >= 0.6 is 36.4 Å². The van der Waals surface area contributed by atoms with Gasteiger partial charge in [0.2, 0.25) is 5.91 Å². The number of nitrogens with zero attached hydrogens (tertiary/aromatic N) is 1. The molecule has 0 spiro atoms. The molecular formula is C18H30Cl3N3O3. The Morgan fingerprint density at radius 1 is 1.37 bits per heavy atom. The monoisotopic (exact) mass is 441 g/mol. The summed E-state index contributed by atoms with van der Waals surface area (Å²) < 4.78 is 10.8. The number of carbonyl (C=O) groups excluding carboxylic acids is 1. The van der Waals surface area contributed by atoms with E-state index in [2.05, 4.69) is 24.1 Å². The summed E-state index contributed by atoms with van der Waals surface area (Å²) in [5, 5.41) is 3.64. The third-order valence-electron chi connectivity index (χ3n) is 4.30. The van der Waals surface area contributed by atoms with Gasteiger partial charge in [0.05, 0.1) is 24.9 Å². The van der Waals surface area contributed by atoms with E-state index in [0.717, 1.165) is 18.7 Å². The van der Waals surface area contributed by atoms with E-state index in [1.54, 1.807) is 0 Å². The first-order valence-corrected chi connectivity index (χ1v) is 8.86. The van der Waals surface area contributed by atoms with Crippen LogP contribution in [0.4, 0.5) is 0 Å². The van der Waals surface area contributed by atoms with Crippen molar-refractivity contribution in [2.24, 2.45) is 5.73 Å². The van der Waals surface area contributed by atoms with Gasteiger partial charge in [0.25, 0.3) is 0 Å². The number of nitrogens with two attached hydrogens (primary N) is 1. The minimum Gasteiger partial charge on any atom is -0.383 e. The Bertz CT molecular complexity index is 573. The quantitative estimate of drug-likeness (QED) is 0.678. The lowest BCUT2D eigenvalue weighted by Gasteiger charge is -2.42. The van der Waals surface area contributed by atoms with E-state index in [4.69, 9.17) is 26.8 Å². The Labute approximate surface area is 178 Å². The number of amides is 1. The number of carbonyl (C=O) groups is 1. The fourth-order valence-electron chi connectivity index (χ4n) is 3.05. The van der Waals surface area contributed by atoms with Crippen LogP contribution in [0.5, 0.6) is 0 Å². The summed E-state index contributed by atoms with van der Waals surface area (Å²) in [5.41, 5.74) is 6.68. The van der Waals surface area contributed by atoms with Crippen LogP contribution in [0.2, 0.25) is 5.02 Å². The number of benzene rings is 1. The van der Waals surface area contributed by atoms with Crippen LogP contribution in [0.15, 0.2) is 24.3 Å². The van der Waals surface area contributed by atoms with Crippen LogP contribution in [-0.2, 0) is 14.3 Å². The maximum absolute atomic E-state index is 12.2. The molecule has 1 aromatic carbocycles. The molecule has 3 N–H and O–H groups in total. The van der Waals surface area contributed by atoms with Gasteiger partial charge >= 0.3 is 0 Å². The molecule has 1 fully saturated rings. The van der Waals surface area contributed by atoms with Crippen molar-refractivity contribution in [3.8, 4) is 0 Å². The second-order valence-corrected chi connectivity index (χ2v) is 7.39. The lowest BCUT2D eigenvalue weighted by molar-refractivity contribution is -0.124. The molecule has 0 radical (unpaired) electrons. The molecule has 0 aliphatic carbocycles. The van der Waals surface area contributed by atoms with Gasteiger partial charge in [-0.05, 0) is 31.5 Å². The minimum absolute atomic E-state index is 0. The van der Waals surface area contributed by atoms with Gasteiger partial charge in [0.1, 0.15) is 6.04 Å². The van der Waals surface area contributed by atoms with Crippen LogP contribution in [0, 0.1) is 0 Å². The van der Waals surface area contributed by atoms with E-state index in [1.165, 1.54) is 7.11 Å². The largest absolute Gasteiger partial charge is 0.383 e. The van der Waals surface area contributed by atoms with E-state index in [0.29, 0.717) is 18.2 Å². The van der Waals surface area contributed by atoms with Crippen LogP contribution in [0.1, 0.15) is 25.5 Å². The summed E-state index contributed by atoms with van der Waals surface area (Å²) in [7, 11) is 1.53. The van der Waals surface area contributed by atoms with Crippen molar-refractivity contribution < 1.29 is 14.3 Å². The predicted octanol–water partition coefficient (Wildman–Crippen LogP) is 2.43. The molecule has 2 unspecified atom stereocenters. The maximum atomic E-state index is 12.2. The first-order valence-electron chi connectivity index (χ1n) is 8.48. The highest BCUT2D eigenvalue weighted by atomic mass is 35.5. The number of nitrogens with one attached hydrogen (secondary N) is 1. The van der Waals surface area contributed by atoms with E-state index in [9.17, 15) is 4.79 Å². The molecule has 0 aromatic heterocycles. The summed E-state index contributed by atoms with van der Waals surface area (Å²) in [6.07, 6.45) is 0. The number of methoxy groups -OCH3 is 1. The highest BCUT2D eigenvalue weighted by Crippen LogP contribution is 2.27. The fraction of sp³-hybridized carbons (Fsp3) is 0.611. The summed E-state index contributed by atoms with van der Waals surface area (Å²) >= 11 is 6.02. The molecule has 1 saturated heterocycles. The Kier molecular flexibility index (Phi) is 11.8. The summed E-state index contributed by atoms with van der Waals surface area (Å²) in [6.45, 7) is 7.05. The van der Waals surface area contributed by atoms with Gasteiger partial charge in [-0.1, -0.05) is 23.7 Å². The molecular weight excluding hydrogens is 413 g/mol. The molecule has 1 aliphatic heterocycles. The molecule has 1 amide bonds. The molecule has 6 nitrogen and oxygen atoms in total. The summed E-state index contributed by atoms with van der Waals surface area (Å²) in [5.74, 6) is -0.215. The average Bonchev–Trinajstić information content (AvgIpc) is 2.55. The third-order valence-corrected chi connectivity index (χ3v) is 4.56. The summed E-state index contributed by atoms with van der Waals surface area (Å²) in [6, 6.07) is 7.09. The lowest BCUT2D eigenvalue weighted by atomic mass is 10.0. The van der Waals surface area contributed by atoms with Gasteiger partial charge < -0.3 is 20.5 Å². The van der Waals surface area contributed by atoms with Gasteiger partial charge in [-0.25, -0.2) is 0 Å². The number of hydrogen-bond donors (Lipinski definition) is 2. The van der Waals surface area contributed by atoms with Crippen LogP contribution in [0.25, 0.3) is 0 Å². The van der Waals surface area contributed by atoms with Gasteiger partial charge in [-0.3, -0.25) is 9.69 Å². The second kappa shape index (κ2) is 12.1. The Morgan fingerprint density at radius 3 is 2.56 bits per heavy atom. The standard InChI is InChI=1S/C18H28ClN3O3.2ClH/c1-18(2)12-22(8-9-25-18)16(13-4-6-14(19)7-5-13)10-21-17(23)15(20)11-24-3;;/h4-7,15-16H,8-12,20H2,1-3H3,(H,21,23);2*1H. The molecule has 2 rings (SSSR count). The van der Waals surface area contributed by atoms with Crippen LogP contribution in [0.3, 0.4) is 0 Å². The van der Waals surface area contributed by atoms with Crippen molar-refractivity contribution >= 4 is 42.3 Å². The van der Waals surface area contributed by atoms with Crippen LogP contribution < -0.4 is 11.1 Å². The van der Waals surface area contributed by atoms with E-state index >= 15 is 0 Å². The molecule has 0 saturated carbocycles. The first-order chi connectivity index (χ1) is 11.8. The molecule has 1 aromatic rings. The molecule has 27 heavy (non-hydrogen) atoms. The van der Waals surface area contributed by atoms with E-state index in [-0.39, 0.29) is 49.0 Å². The predicted molar refractivity (Wildman–Crippen MR) is 113 cm³/mol. The molecule has 9 heteroatoms. The third kappa shape index (κ3) is 8.11. The fourth-order valence-corrected chi connectivity index (χ4v) is 3.17. The zero-order chi connectivity index (χ0) is 18.4. The minimum atomic E-state index is -0.669. The topological polar surface area (TPSA) is 76.8 Å². The van der Waals surface area contributed by atoms with Crippen molar-refractivity contribution in [1.82, 2.24) is 10.2 Å². The number of halogens is 3. The number of morpholine rings is 1. The van der Waals surface area contributed by atoms with Crippen molar-refractivity contribution in [1.29, 1.82) is 0 Å². The lowest BCUT2D eigenvalue weighted by Crippen LogP contribution is -2.52. The Hall–Kier alpha value is -0.600. The maximum Gasteiger partial charge on any atom is 0.239 e. The highest BCUT2D eigenvalue weighted by Gasteiger charge is 2.32. The number of ether oxygens (including phenoxy) is 2. The molecule has 2 atom stereocenters. The normalized spacial score (nSPS) is 18.6. The molecule has 1 heterocycles. The van der Waals surface area contributed by atoms with Gasteiger partial charge in [0.15, 0.2) is 0 Å². The van der Waals surface area contributed by atoms with Gasteiger partial charge in [-0.2, -0.15) is 0 Å². The van der Waals surface area contributed by atoms with Crippen molar-refractivity contribution in [2.75, 3.05) is 40.0 Å². The first kappa shape index (κ1) is 26.4. The zero-order valence-corrected chi connectivity index (χ0v) is 18.3. The number of hydrogen-bond acceptors (Lipinski definition) is 5. The van der Waals surface area contributed by atoms with Crippen molar-refractivity contribution in [2.45, 2.75) is 31.5 Å². The number of rotatable bonds is 7. The zero-order valence-electron chi connectivity index (χ0n) is 15.9. The highest BCUT2D eigenvalue weighted by molar-refractivity contribution is 6.30. The van der Waals surface area contributed by atoms with Crippen molar-refractivity contribution in [3.63, 3.8) is 0 Å². The van der Waals surface area contributed by atoms with Gasteiger partial charge in [0, 0.05) is 31.8 Å². The molecule has 0 bridgehead atoms. The SMILES string of the molecule is COCC(N)C(=O)NCC(c1ccc(Cl)cc1)N1CCOC(C)(C)C1.Cl.Cl. The molecule has 156 valence electrons. The molecule has 1 aliphatic rings.